The fourth-order valence-corrected chi connectivity index (χ4v) is 5.71. The Morgan fingerprint density at radius 2 is 1.50 bits per heavy atom. The Hall–Kier alpha value is -4.13. The largest absolute Gasteiger partial charge is 0.339 e. The lowest BCUT2D eigenvalue weighted by atomic mass is 9.84. The molecular formula is C33H38N4O3. The van der Waals surface area contributed by atoms with Crippen LogP contribution in [0.1, 0.15) is 55.1 Å². The first-order valence-corrected chi connectivity index (χ1v) is 14.0. The van der Waals surface area contributed by atoms with Crippen LogP contribution in [0.2, 0.25) is 0 Å². The number of nitrogens with zero attached hydrogens (tertiary/aromatic N) is 3. The molecule has 0 aliphatic carbocycles. The first-order chi connectivity index (χ1) is 19.1. The quantitative estimate of drug-likeness (QED) is 0.484. The zero-order valence-electron chi connectivity index (χ0n) is 23.8. The fourth-order valence-electron chi connectivity index (χ4n) is 5.71. The Balaban J connectivity index is 1.31. The maximum absolute atomic E-state index is 14.0. The summed E-state index contributed by atoms with van der Waals surface area (Å²) in [5, 5.41) is 2.91. The van der Waals surface area contributed by atoms with Crippen molar-refractivity contribution < 1.29 is 14.4 Å². The number of rotatable bonds is 5. The Kier molecular flexibility index (Phi) is 7.41. The molecule has 1 N–H and O–H groups in total. The van der Waals surface area contributed by atoms with Gasteiger partial charge in [0.25, 0.3) is 11.8 Å². The van der Waals surface area contributed by atoms with Crippen LogP contribution < -0.4 is 10.2 Å². The van der Waals surface area contributed by atoms with E-state index in [1.807, 2.05) is 90.7 Å². The van der Waals surface area contributed by atoms with Gasteiger partial charge in [0.2, 0.25) is 5.91 Å². The predicted octanol–water partition coefficient (Wildman–Crippen LogP) is 5.21. The number of hydrogen-bond acceptors (Lipinski definition) is 4. The van der Waals surface area contributed by atoms with Gasteiger partial charge in [-0.1, -0.05) is 68.8 Å². The number of hydrogen-bond donors (Lipinski definition) is 1. The first kappa shape index (κ1) is 27.4. The molecule has 2 fully saturated rings. The average Bonchev–Trinajstić information content (AvgIpc) is 3.20. The van der Waals surface area contributed by atoms with Crippen LogP contribution in [0.15, 0.2) is 78.9 Å². The molecular weight excluding hydrogens is 500 g/mol. The second-order valence-electron chi connectivity index (χ2n) is 12.0. The van der Waals surface area contributed by atoms with Crippen LogP contribution in [0.25, 0.3) is 0 Å². The lowest BCUT2D eigenvalue weighted by Gasteiger charge is -2.43. The van der Waals surface area contributed by atoms with Crippen molar-refractivity contribution in [3.8, 4) is 0 Å². The molecule has 5 rings (SSSR count). The number of amides is 3. The highest BCUT2D eigenvalue weighted by atomic mass is 16.2. The molecule has 0 atom stereocenters. The number of piperidine rings is 1. The molecule has 208 valence electrons. The van der Waals surface area contributed by atoms with E-state index in [9.17, 15) is 14.4 Å². The number of likely N-dealkylation sites (tertiary alicyclic amines) is 1. The molecule has 2 saturated heterocycles. The molecule has 0 saturated carbocycles. The highest BCUT2D eigenvalue weighted by molar-refractivity contribution is 6.00. The zero-order chi connectivity index (χ0) is 28.5. The van der Waals surface area contributed by atoms with E-state index in [1.54, 1.807) is 4.90 Å². The van der Waals surface area contributed by atoms with Gasteiger partial charge in [-0.2, -0.15) is 0 Å². The normalized spacial score (nSPS) is 16.9. The van der Waals surface area contributed by atoms with Gasteiger partial charge in [0.1, 0.15) is 12.1 Å². The van der Waals surface area contributed by atoms with Crippen LogP contribution in [0, 0.1) is 6.92 Å². The molecule has 40 heavy (non-hydrogen) atoms. The van der Waals surface area contributed by atoms with E-state index in [1.165, 1.54) is 5.56 Å². The van der Waals surface area contributed by atoms with Crippen molar-refractivity contribution in [2.45, 2.75) is 51.5 Å². The maximum Gasteiger partial charge on any atom is 0.253 e. The van der Waals surface area contributed by atoms with E-state index in [0.717, 1.165) is 11.3 Å². The predicted molar refractivity (Wildman–Crippen MR) is 158 cm³/mol. The molecule has 3 amide bonds. The standard InChI is InChI=1S/C33H38N4O3/c1-24-10-16-27(17-11-24)34-29(38)22-36-23-37(28-8-6-5-7-9-28)33(31(36)40)18-20-35(21-19-33)30(39)25-12-14-26(15-13-25)32(2,3)4/h5-17H,18-23H2,1-4H3,(H,34,38). The second kappa shape index (κ2) is 10.8. The van der Waals surface area contributed by atoms with Crippen molar-refractivity contribution >= 4 is 29.1 Å². The number of carbonyl (C=O) groups excluding carboxylic acids is 3. The Bertz CT molecular complexity index is 1370. The van der Waals surface area contributed by atoms with Crippen molar-refractivity contribution in [2.24, 2.45) is 0 Å². The molecule has 0 aromatic heterocycles. The third-order valence-electron chi connectivity index (χ3n) is 8.13. The molecule has 0 radical (unpaired) electrons. The van der Waals surface area contributed by atoms with Gasteiger partial charge in [0.15, 0.2) is 0 Å². The molecule has 7 nitrogen and oxygen atoms in total. The second-order valence-corrected chi connectivity index (χ2v) is 12.0. The molecule has 2 aliphatic rings. The van der Waals surface area contributed by atoms with Crippen molar-refractivity contribution in [3.05, 3.63) is 95.6 Å². The molecule has 3 aromatic rings. The highest BCUT2D eigenvalue weighted by Crippen LogP contribution is 2.39. The lowest BCUT2D eigenvalue weighted by molar-refractivity contribution is -0.136. The van der Waals surface area contributed by atoms with Gasteiger partial charge in [-0.3, -0.25) is 14.4 Å². The van der Waals surface area contributed by atoms with Crippen LogP contribution in [-0.2, 0) is 15.0 Å². The van der Waals surface area contributed by atoms with Crippen molar-refractivity contribution in [3.63, 3.8) is 0 Å². The van der Waals surface area contributed by atoms with Crippen LogP contribution in [0.3, 0.4) is 0 Å². The smallest absolute Gasteiger partial charge is 0.253 e. The third-order valence-corrected chi connectivity index (χ3v) is 8.13. The fraction of sp³-hybridized carbons (Fsp3) is 0.364. The highest BCUT2D eigenvalue weighted by Gasteiger charge is 2.54. The Labute approximate surface area is 236 Å². The number of para-hydroxylation sites is 1. The van der Waals surface area contributed by atoms with Crippen molar-refractivity contribution in [2.75, 3.05) is 36.5 Å². The van der Waals surface area contributed by atoms with Gasteiger partial charge >= 0.3 is 0 Å². The number of aryl methyl sites for hydroxylation is 1. The minimum Gasteiger partial charge on any atom is -0.339 e. The first-order valence-electron chi connectivity index (χ1n) is 14.0. The summed E-state index contributed by atoms with van der Waals surface area (Å²) in [7, 11) is 0. The Morgan fingerprint density at radius 1 is 0.875 bits per heavy atom. The molecule has 7 heteroatoms. The lowest BCUT2D eigenvalue weighted by Crippen LogP contribution is -2.57. The summed E-state index contributed by atoms with van der Waals surface area (Å²) in [5.74, 6) is -0.299. The minimum absolute atomic E-state index is 0.0126. The summed E-state index contributed by atoms with van der Waals surface area (Å²) in [6.07, 6.45) is 1.01. The molecule has 0 bridgehead atoms. The van der Waals surface area contributed by atoms with Crippen molar-refractivity contribution in [1.82, 2.24) is 9.80 Å². The van der Waals surface area contributed by atoms with E-state index in [2.05, 4.69) is 31.0 Å². The van der Waals surface area contributed by atoms with Gasteiger partial charge in [0, 0.05) is 30.0 Å². The van der Waals surface area contributed by atoms with E-state index < -0.39 is 5.54 Å². The van der Waals surface area contributed by atoms with Crippen LogP contribution in [0.5, 0.6) is 0 Å². The van der Waals surface area contributed by atoms with E-state index in [-0.39, 0.29) is 29.7 Å². The molecule has 2 heterocycles. The number of anilines is 2. The molecule has 3 aromatic carbocycles. The Morgan fingerprint density at radius 3 is 2.10 bits per heavy atom. The topological polar surface area (TPSA) is 73.0 Å². The van der Waals surface area contributed by atoms with Crippen molar-refractivity contribution in [1.29, 1.82) is 0 Å². The summed E-state index contributed by atoms with van der Waals surface area (Å²) in [4.78, 5) is 45.9. The summed E-state index contributed by atoms with van der Waals surface area (Å²) in [6.45, 7) is 9.69. The molecule has 2 aliphatic heterocycles. The summed E-state index contributed by atoms with van der Waals surface area (Å²) in [5.41, 5.74) is 3.83. The van der Waals surface area contributed by atoms with Crippen LogP contribution >= 0.6 is 0 Å². The van der Waals surface area contributed by atoms with Crippen LogP contribution in [0.4, 0.5) is 11.4 Å². The van der Waals surface area contributed by atoms with E-state index in [0.29, 0.717) is 43.9 Å². The SMILES string of the molecule is Cc1ccc(NC(=O)CN2CN(c3ccccc3)C3(CCN(C(=O)c4ccc(C(C)(C)C)cc4)CC3)C2=O)cc1. The van der Waals surface area contributed by atoms with Crippen LogP contribution in [-0.4, -0.2) is 59.4 Å². The van der Waals surface area contributed by atoms with Gasteiger partial charge < -0.3 is 20.0 Å². The summed E-state index contributed by atoms with van der Waals surface area (Å²) >= 11 is 0. The number of nitrogens with one attached hydrogen (secondary N) is 1. The minimum atomic E-state index is -0.793. The average molecular weight is 539 g/mol. The third kappa shape index (κ3) is 5.46. The monoisotopic (exact) mass is 538 g/mol. The number of benzene rings is 3. The van der Waals surface area contributed by atoms with Gasteiger partial charge in [-0.15, -0.1) is 0 Å². The zero-order valence-corrected chi connectivity index (χ0v) is 23.8. The van der Waals surface area contributed by atoms with E-state index >= 15 is 0 Å². The van der Waals surface area contributed by atoms with Gasteiger partial charge in [-0.25, -0.2) is 0 Å². The summed E-state index contributed by atoms with van der Waals surface area (Å²) in [6, 6.07) is 25.3. The number of carbonyl (C=O) groups is 3. The molecule has 0 unspecified atom stereocenters. The van der Waals surface area contributed by atoms with Gasteiger partial charge in [0.05, 0.1) is 6.67 Å². The molecule has 1 spiro atoms. The van der Waals surface area contributed by atoms with Gasteiger partial charge in [-0.05, 0) is 67.1 Å². The maximum atomic E-state index is 14.0. The van der Waals surface area contributed by atoms with E-state index in [4.69, 9.17) is 0 Å². The summed E-state index contributed by atoms with van der Waals surface area (Å²) < 4.78 is 0.